The summed E-state index contributed by atoms with van der Waals surface area (Å²) in [5.74, 6) is 0.0456. The van der Waals surface area contributed by atoms with Gasteiger partial charge in [-0.15, -0.1) is 0 Å². The minimum atomic E-state index is -0.226. The highest BCUT2D eigenvalue weighted by molar-refractivity contribution is 5.76. The summed E-state index contributed by atoms with van der Waals surface area (Å²) in [5, 5.41) is 8.83. The van der Waals surface area contributed by atoms with E-state index in [1.807, 2.05) is 0 Å². The molecule has 1 aliphatic rings. The molecular weight excluding hydrogens is 172 g/mol. The van der Waals surface area contributed by atoms with Gasteiger partial charge in [0.2, 0.25) is 5.91 Å². The molecule has 5 nitrogen and oxygen atoms in total. The van der Waals surface area contributed by atoms with Crippen molar-refractivity contribution < 1.29 is 14.6 Å². The second-order valence-electron chi connectivity index (χ2n) is 3.05. The van der Waals surface area contributed by atoms with Crippen LogP contribution in [-0.2, 0) is 9.53 Å². The molecule has 0 aromatic carbocycles. The molecule has 3 N–H and O–H groups in total. The first-order chi connectivity index (χ1) is 6.27. The third-order valence-electron chi connectivity index (χ3n) is 2.05. The second kappa shape index (κ2) is 5.16. The van der Waals surface area contributed by atoms with E-state index in [0.717, 1.165) is 0 Å². The Hall–Kier alpha value is -0.650. The van der Waals surface area contributed by atoms with Gasteiger partial charge in [-0.25, -0.2) is 0 Å². The number of ether oxygens (including phenoxy) is 1. The van der Waals surface area contributed by atoms with E-state index >= 15 is 0 Å². The van der Waals surface area contributed by atoms with Gasteiger partial charge in [-0.3, -0.25) is 4.79 Å². The number of aliphatic hydroxyl groups excluding tert-OH is 1. The number of hydrogen-bond acceptors (Lipinski definition) is 4. The third-order valence-corrected chi connectivity index (χ3v) is 2.05. The molecule has 76 valence electrons. The molecule has 1 heterocycles. The molecule has 5 heteroatoms. The lowest BCUT2D eigenvalue weighted by Crippen LogP contribution is -2.47. The van der Waals surface area contributed by atoms with Crippen molar-refractivity contribution in [3.05, 3.63) is 0 Å². The number of carbonyl (C=O) groups is 1. The Morgan fingerprint density at radius 2 is 2.46 bits per heavy atom. The van der Waals surface area contributed by atoms with E-state index in [0.29, 0.717) is 32.7 Å². The summed E-state index contributed by atoms with van der Waals surface area (Å²) in [4.78, 5) is 13.1. The first kappa shape index (κ1) is 10.4. The minimum absolute atomic E-state index is 0.0353. The maximum Gasteiger partial charge on any atom is 0.224 e. The maximum atomic E-state index is 11.4. The summed E-state index contributed by atoms with van der Waals surface area (Å²) in [7, 11) is 0. The van der Waals surface area contributed by atoms with Crippen molar-refractivity contribution >= 4 is 5.91 Å². The summed E-state index contributed by atoms with van der Waals surface area (Å²) in [6.07, 6.45) is 0.147. The van der Waals surface area contributed by atoms with Crippen LogP contribution >= 0.6 is 0 Å². The second-order valence-corrected chi connectivity index (χ2v) is 3.05. The van der Waals surface area contributed by atoms with Gasteiger partial charge in [-0.2, -0.15) is 0 Å². The molecule has 0 aromatic rings. The van der Waals surface area contributed by atoms with E-state index in [1.165, 1.54) is 0 Å². The van der Waals surface area contributed by atoms with E-state index in [2.05, 4.69) is 0 Å². The summed E-state index contributed by atoms with van der Waals surface area (Å²) >= 11 is 0. The number of rotatable bonds is 3. The van der Waals surface area contributed by atoms with E-state index in [1.54, 1.807) is 4.90 Å². The van der Waals surface area contributed by atoms with Crippen LogP contribution in [0.15, 0.2) is 0 Å². The van der Waals surface area contributed by atoms with Gasteiger partial charge >= 0.3 is 0 Å². The smallest absolute Gasteiger partial charge is 0.224 e. The van der Waals surface area contributed by atoms with E-state index < -0.39 is 0 Å². The van der Waals surface area contributed by atoms with Gasteiger partial charge in [0.15, 0.2) is 0 Å². The van der Waals surface area contributed by atoms with Gasteiger partial charge < -0.3 is 20.5 Å². The Kier molecular flexibility index (Phi) is 4.14. The molecule has 1 aliphatic heterocycles. The fourth-order valence-electron chi connectivity index (χ4n) is 1.34. The Morgan fingerprint density at radius 1 is 1.69 bits per heavy atom. The number of aliphatic hydroxyl groups is 1. The molecule has 0 bridgehead atoms. The maximum absolute atomic E-state index is 11.4. The van der Waals surface area contributed by atoms with Crippen LogP contribution < -0.4 is 5.73 Å². The Morgan fingerprint density at radius 3 is 3.08 bits per heavy atom. The number of nitrogens with zero attached hydrogens (tertiary/aromatic N) is 1. The highest BCUT2D eigenvalue weighted by Crippen LogP contribution is 2.05. The molecule has 0 aliphatic carbocycles. The van der Waals surface area contributed by atoms with Crippen LogP contribution in [0.25, 0.3) is 0 Å². The fourth-order valence-corrected chi connectivity index (χ4v) is 1.34. The van der Waals surface area contributed by atoms with Crippen molar-refractivity contribution in [1.82, 2.24) is 4.90 Å². The van der Waals surface area contributed by atoms with Crippen molar-refractivity contribution in [2.24, 2.45) is 5.73 Å². The molecule has 1 fully saturated rings. The zero-order valence-corrected chi connectivity index (χ0v) is 7.61. The van der Waals surface area contributed by atoms with Crippen molar-refractivity contribution in [3.63, 3.8) is 0 Å². The predicted molar refractivity (Wildman–Crippen MR) is 47.1 cm³/mol. The number of hydrogen-bond donors (Lipinski definition) is 2. The van der Waals surface area contributed by atoms with Crippen LogP contribution in [0, 0.1) is 0 Å². The normalized spacial score (nSPS) is 23.2. The monoisotopic (exact) mass is 188 g/mol. The summed E-state index contributed by atoms with van der Waals surface area (Å²) < 4.78 is 5.21. The lowest BCUT2D eigenvalue weighted by Gasteiger charge is -2.32. The first-order valence-electron chi connectivity index (χ1n) is 4.48. The van der Waals surface area contributed by atoms with Gasteiger partial charge in [0.1, 0.15) is 0 Å². The lowest BCUT2D eigenvalue weighted by atomic mass is 10.2. The zero-order chi connectivity index (χ0) is 9.68. The van der Waals surface area contributed by atoms with Crippen LogP contribution in [0.2, 0.25) is 0 Å². The van der Waals surface area contributed by atoms with E-state index in [-0.39, 0.29) is 18.6 Å². The van der Waals surface area contributed by atoms with Gasteiger partial charge in [-0.05, 0) is 0 Å². The van der Waals surface area contributed by atoms with Crippen molar-refractivity contribution in [3.8, 4) is 0 Å². The molecule has 13 heavy (non-hydrogen) atoms. The molecule has 1 atom stereocenters. The fraction of sp³-hybridized carbons (Fsp3) is 0.875. The Balaban J connectivity index is 2.37. The van der Waals surface area contributed by atoms with Crippen LogP contribution in [0.5, 0.6) is 0 Å². The highest BCUT2D eigenvalue weighted by Gasteiger charge is 2.22. The largest absolute Gasteiger partial charge is 0.394 e. The standard InChI is InChI=1S/C8H16N2O3/c9-2-1-8(12)10-3-4-13-7(5-10)6-11/h7,11H,1-6,9H2. The van der Waals surface area contributed by atoms with Crippen LogP contribution in [0.1, 0.15) is 6.42 Å². The molecule has 0 saturated carbocycles. The van der Waals surface area contributed by atoms with Crippen LogP contribution in [0.3, 0.4) is 0 Å². The SMILES string of the molecule is NCCC(=O)N1CCOC(CO)C1. The van der Waals surface area contributed by atoms with E-state index in [4.69, 9.17) is 15.6 Å². The minimum Gasteiger partial charge on any atom is -0.394 e. The first-order valence-corrected chi connectivity index (χ1v) is 4.48. The van der Waals surface area contributed by atoms with Crippen molar-refractivity contribution in [1.29, 1.82) is 0 Å². The molecule has 1 unspecified atom stereocenters. The third kappa shape index (κ3) is 2.95. The molecule has 0 aromatic heterocycles. The lowest BCUT2D eigenvalue weighted by molar-refractivity contribution is -0.140. The molecule has 1 amide bonds. The average molecular weight is 188 g/mol. The summed E-state index contributed by atoms with van der Waals surface area (Å²) in [5.41, 5.74) is 5.28. The highest BCUT2D eigenvalue weighted by atomic mass is 16.5. The average Bonchev–Trinajstić information content (AvgIpc) is 2.18. The van der Waals surface area contributed by atoms with Crippen molar-refractivity contribution in [2.45, 2.75) is 12.5 Å². The molecule has 1 saturated heterocycles. The number of morpholine rings is 1. The quantitative estimate of drug-likeness (QED) is 0.568. The predicted octanol–water partition coefficient (Wildman–Crippen LogP) is -1.45. The number of carbonyl (C=O) groups excluding carboxylic acids is 1. The van der Waals surface area contributed by atoms with Gasteiger partial charge in [0, 0.05) is 26.1 Å². The van der Waals surface area contributed by atoms with Crippen LogP contribution in [0.4, 0.5) is 0 Å². The number of amides is 1. The van der Waals surface area contributed by atoms with Crippen molar-refractivity contribution in [2.75, 3.05) is 32.8 Å². The molecule has 0 spiro atoms. The van der Waals surface area contributed by atoms with Crippen LogP contribution in [-0.4, -0.2) is 54.9 Å². The number of nitrogens with two attached hydrogens (primary N) is 1. The van der Waals surface area contributed by atoms with Gasteiger partial charge in [-0.1, -0.05) is 0 Å². The summed E-state index contributed by atoms with van der Waals surface area (Å²) in [6.45, 7) is 1.93. The van der Waals surface area contributed by atoms with E-state index in [9.17, 15) is 4.79 Å². The molecule has 0 radical (unpaired) electrons. The molecule has 1 rings (SSSR count). The Labute approximate surface area is 77.5 Å². The topological polar surface area (TPSA) is 75.8 Å². The zero-order valence-electron chi connectivity index (χ0n) is 7.61. The molecular formula is C8H16N2O3. The Bertz CT molecular complexity index is 175. The van der Waals surface area contributed by atoms with Gasteiger partial charge in [0.05, 0.1) is 19.3 Å². The summed E-state index contributed by atoms with van der Waals surface area (Å²) in [6, 6.07) is 0. The van der Waals surface area contributed by atoms with Gasteiger partial charge in [0.25, 0.3) is 0 Å².